The van der Waals surface area contributed by atoms with Gasteiger partial charge in [-0.3, -0.25) is 4.79 Å². The molecule has 0 saturated carbocycles. The maximum atomic E-state index is 12.2. The van der Waals surface area contributed by atoms with Crippen LogP contribution in [0.25, 0.3) is 16.9 Å². The Kier molecular flexibility index (Phi) is 2.93. The number of nitrogen functional groups attached to an aromatic ring is 1. The first-order chi connectivity index (χ1) is 9.44. The number of hydrogen-bond acceptors (Lipinski definition) is 3. The topological polar surface area (TPSA) is 56.2 Å². The molecular weight excluding hydrogens is 250 g/mol. The van der Waals surface area contributed by atoms with Crippen molar-refractivity contribution in [1.82, 2.24) is 0 Å². The van der Waals surface area contributed by atoms with E-state index in [4.69, 9.17) is 10.2 Å². The first-order valence-corrected chi connectivity index (χ1v) is 6.97. The lowest BCUT2D eigenvalue weighted by atomic mass is 9.77. The van der Waals surface area contributed by atoms with Gasteiger partial charge in [0.25, 0.3) is 0 Å². The Balaban J connectivity index is 2.08. The maximum absolute atomic E-state index is 12.2. The van der Waals surface area contributed by atoms with Crippen molar-refractivity contribution >= 4 is 11.5 Å². The molecule has 1 heterocycles. The van der Waals surface area contributed by atoms with Crippen LogP contribution in [0.1, 0.15) is 38.7 Å². The van der Waals surface area contributed by atoms with Crippen LogP contribution in [0.15, 0.2) is 39.6 Å². The average Bonchev–Trinajstić information content (AvgIpc) is 2.38. The number of rotatable bonds is 1. The summed E-state index contributed by atoms with van der Waals surface area (Å²) in [5, 5.41) is 0. The van der Waals surface area contributed by atoms with E-state index in [1.807, 2.05) is 6.07 Å². The Morgan fingerprint density at radius 1 is 1.25 bits per heavy atom. The van der Waals surface area contributed by atoms with Gasteiger partial charge in [-0.25, -0.2) is 0 Å². The van der Waals surface area contributed by atoms with Crippen LogP contribution in [-0.2, 0) is 0 Å². The Labute approximate surface area is 118 Å². The molecular formula is C17H19NO2. The van der Waals surface area contributed by atoms with Crippen molar-refractivity contribution in [3.63, 3.8) is 0 Å². The van der Waals surface area contributed by atoms with Gasteiger partial charge in [0.1, 0.15) is 5.76 Å². The largest absolute Gasteiger partial charge is 0.441 e. The van der Waals surface area contributed by atoms with Crippen LogP contribution in [0.4, 0.5) is 5.88 Å². The van der Waals surface area contributed by atoms with Crippen molar-refractivity contribution in [3.05, 3.63) is 46.1 Å². The molecule has 0 saturated heterocycles. The molecule has 3 nitrogen and oxygen atoms in total. The molecule has 2 N–H and O–H groups in total. The van der Waals surface area contributed by atoms with E-state index in [2.05, 4.69) is 19.9 Å². The Morgan fingerprint density at radius 3 is 2.75 bits per heavy atom. The fraction of sp³-hybridized carbons (Fsp3) is 0.353. The van der Waals surface area contributed by atoms with Gasteiger partial charge >= 0.3 is 0 Å². The smallest absolute Gasteiger partial charge is 0.190 e. The third-order valence-electron chi connectivity index (χ3n) is 4.09. The van der Waals surface area contributed by atoms with Crippen molar-refractivity contribution in [2.45, 2.75) is 33.1 Å². The fourth-order valence-corrected chi connectivity index (χ4v) is 2.70. The summed E-state index contributed by atoms with van der Waals surface area (Å²) in [4.78, 5) is 12.2. The summed E-state index contributed by atoms with van der Waals surface area (Å²) in [6.45, 7) is 4.55. The molecule has 3 aliphatic rings. The summed E-state index contributed by atoms with van der Waals surface area (Å²) in [6, 6.07) is 6.97. The molecule has 0 amide bonds. The standard InChI is InChI=1S/C17H19NO2/c1-17(2)7-5-11(6-8-17)12-9-14(19)13-3-4-16(18)20-15(13)10-12/h3-5,9-10H,6-8,18H2,1-2H3. The van der Waals surface area contributed by atoms with E-state index in [0.717, 1.165) is 24.8 Å². The van der Waals surface area contributed by atoms with Gasteiger partial charge in [0.05, 0.1) is 5.56 Å². The monoisotopic (exact) mass is 269 g/mol. The van der Waals surface area contributed by atoms with Gasteiger partial charge in [-0.15, -0.1) is 0 Å². The number of benzene rings is 1. The number of nitrogens with two attached hydrogens (primary N) is 1. The molecule has 0 aromatic rings. The summed E-state index contributed by atoms with van der Waals surface area (Å²) in [7, 11) is 0. The van der Waals surface area contributed by atoms with Crippen LogP contribution in [0.3, 0.4) is 0 Å². The predicted octanol–water partition coefficient (Wildman–Crippen LogP) is 3.92. The summed E-state index contributed by atoms with van der Waals surface area (Å²) >= 11 is 0. The zero-order chi connectivity index (χ0) is 14.3. The molecule has 0 aromatic carbocycles. The van der Waals surface area contributed by atoms with E-state index in [-0.39, 0.29) is 5.43 Å². The lowest BCUT2D eigenvalue weighted by Crippen LogP contribution is -2.15. The molecule has 0 atom stereocenters. The van der Waals surface area contributed by atoms with Crippen LogP contribution < -0.4 is 11.2 Å². The normalized spacial score (nSPS) is 18.0. The molecule has 3 rings (SSSR count). The van der Waals surface area contributed by atoms with Crippen LogP contribution in [0.5, 0.6) is 0 Å². The Bertz CT molecular complexity index is 709. The molecule has 20 heavy (non-hydrogen) atoms. The molecule has 0 unspecified atom stereocenters. The first kappa shape index (κ1) is 13.0. The molecule has 0 bridgehead atoms. The van der Waals surface area contributed by atoms with Gasteiger partial charge in [0.15, 0.2) is 11.3 Å². The minimum absolute atomic E-state index is 0.00742. The summed E-state index contributed by atoms with van der Waals surface area (Å²) < 4.78 is 5.47. The Hall–Kier alpha value is -2.03. The third kappa shape index (κ3) is 2.36. The molecule has 104 valence electrons. The van der Waals surface area contributed by atoms with Gasteiger partial charge in [-0.05, 0) is 60.1 Å². The lowest BCUT2D eigenvalue weighted by Gasteiger charge is -2.28. The van der Waals surface area contributed by atoms with E-state index in [9.17, 15) is 4.79 Å². The van der Waals surface area contributed by atoms with Gasteiger partial charge in [0.2, 0.25) is 0 Å². The van der Waals surface area contributed by atoms with Crippen LogP contribution in [0, 0.1) is 5.41 Å². The number of allylic oxidation sites excluding steroid dienone is 2. The number of anilines is 1. The van der Waals surface area contributed by atoms with E-state index < -0.39 is 0 Å². The average molecular weight is 269 g/mol. The van der Waals surface area contributed by atoms with E-state index in [1.165, 1.54) is 5.57 Å². The highest BCUT2D eigenvalue weighted by Crippen LogP contribution is 2.38. The van der Waals surface area contributed by atoms with Crippen LogP contribution in [0.2, 0.25) is 0 Å². The van der Waals surface area contributed by atoms with Crippen molar-refractivity contribution in [2.75, 3.05) is 5.73 Å². The van der Waals surface area contributed by atoms with Crippen molar-refractivity contribution in [2.24, 2.45) is 5.41 Å². The predicted molar refractivity (Wildman–Crippen MR) is 81.6 cm³/mol. The van der Waals surface area contributed by atoms with E-state index in [0.29, 0.717) is 22.6 Å². The minimum atomic E-state index is -0.00742. The molecule has 0 aromatic heterocycles. The maximum Gasteiger partial charge on any atom is 0.190 e. The summed E-state index contributed by atoms with van der Waals surface area (Å²) in [5.74, 6) is 0.894. The molecule has 0 fully saturated rings. The quantitative estimate of drug-likeness (QED) is 0.853. The zero-order valence-electron chi connectivity index (χ0n) is 11.9. The number of fused-ring (bicyclic) bond motifs is 1. The summed E-state index contributed by atoms with van der Waals surface area (Å²) in [6.07, 6.45) is 5.43. The lowest BCUT2D eigenvalue weighted by molar-refractivity contribution is 0.335. The highest BCUT2D eigenvalue weighted by Gasteiger charge is 2.23. The van der Waals surface area contributed by atoms with Crippen molar-refractivity contribution < 1.29 is 4.42 Å². The summed E-state index contributed by atoms with van der Waals surface area (Å²) in [5.41, 5.74) is 8.79. The van der Waals surface area contributed by atoms with Crippen LogP contribution >= 0.6 is 0 Å². The van der Waals surface area contributed by atoms with Crippen molar-refractivity contribution in [3.8, 4) is 11.3 Å². The molecule has 1 aliphatic heterocycles. The number of hydrogen-bond donors (Lipinski definition) is 1. The van der Waals surface area contributed by atoms with E-state index in [1.54, 1.807) is 18.2 Å². The van der Waals surface area contributed by atoms with Crippen molar-refractivity contribution in [1.29, 1.82) is 0 Å². The van der Waals surface area contributed by atoms with Gasteiger partial charge in [-0.2, -0.15) is 0 Å². The van der Waals surface area contributed by atoms with Crippen LogP contribution in [-0.4, -0.2) is 0 Å². The Morgan fingerprint density at radius 2 is 2.05 bits per heavy atom. The highest BCUT2D eigenvalue weighted by atomic mass is 16.3. The molecule has 2 aliphatic carbocycles. The SMILES string of the molecule is CC1(C)CC=C(c2cc3oc(N)ccc-3c(=O)c2)CC1. The van der Waals surface area contributed by atoms with Gasteiger partial charge < -0.3 is 10.2 Å². The van der Waals surface area contributed by atoms with E-state index >= 15 is 0 Å². The third-order valence-corrected chi connectivity index (χ3v) is 4.09. The van der Waals surface area contributed by atoms with Gasteiger partial charge in [-0.1, -0.05) is 19.9 Å². The zero-order valence-corrected chi connectivity index (χ0v) is 11.9. The minimum Gasteiger partial charge on any atom is -0.441 e. The fourth-order valence-electron chi connectivity index (χ4n) is 2.70. The molecule has 0 radical (unpaired) electrons. The molecule has 0 spiro atoms. The second-order valence-electron chi connectivity index (χ2n) is 6.32. The second-order valence-corrected chi connectivity index (χ2v) is 6.32. The second kappa shape index (κ2) is 4.51. The first-order valence-electron chi connectivity index (χ1n) is 6.97. The molecule has 3 heteroatoms. The highest BCUT2D eigenvalue weighted by molar-refractivity contribution is 5.72. The van der Waals surface area contributed by atoms with Gasteiger partial charge in [0, 0.05) is 0 Å².